The number of rotatable bonds is 5. The lowest BCUT2D eigenvalue weighted by Crippen LogP contribution is -2.47. The lowest BCUT2D eigenvalue weighted by Gasteiger charge is -2.40. The minimum atomic E-state index is -0.736. The molecule has 1 aliphatic heterocycles. The number of piperidine rings is 1. The number of nitrogens with zero attached hydrogens (tertiary/aromatic N) is 1. The Bertz CT molecular complexity index is 519. The third kappa shape index (κ3) is 3.74. The molecule has 0 spiro atoms. The summed E-state index contributed by atoms with van der Waals surface area (Å²) in [6.07, 6.45) is 3.03. The molecule has 0 aliphatic carbocycles. The van der Waals surface area contributed by atoms with Gasteiger partial charge in [0.1, 0.15) is 5.82 Å². The van der Waals surface area contributed by atoms with Crippen molar-refractivity contribution in [3.05, 3.63) is 34.6 Å². The van der Waals surface area contributed by atoms with Gasteiger partial charge < -0.3 is 5.11 Å². The van der Waals surface area contributed by atoms with Crippen molar-refractivity contribution in [3.63, 3.8) is 0 Å². The van der Waals surface area contributed by atoms with Crippen molar-refractivity contribution in [3.8, 4) is 0 Å². The molecule has 3 nitrogen and oxygen atoms in total. The van der Waals surface area contributed by atoms with Gasteiger partial charge in [0, 0.05) is 23.7 Å². The van der Waals surface area contributed by atoms with E-state index < -0.39 is 11.4 Å². The van der Waals surface area contributed by atoms with Gasteiger partial charge in [0.15, 0.2) is 0 Å². The molecule has 1 unspecified atom stereocenters. The summed E-state index contributed by atoms with van der Waals surface area (Å²) in [5.41, 5.74) is -0.164. The fourth-order valence-electron chi connectivity index (χ4n) is 3.23. The third-order valence-corrected chi connectivity index (χ3v) is 4.47. The van der Waals surface area contributed by atoms with Crippen LogP contribution in [0.2, 0.25) is 5.02 Å². The second kappa shape index (κ2) is 6.75. The van der Waals surface area contributed by atoms with Crippen LogP contribution in [0.4, 0.5) is 4.39 Å². The Hall–Kier alpha value is -1.13. The van der Waals surface area contributed by atoms with Crippen LogP contribution >= 0.6 is 11.6 Å². The number of hydrogen-bond acceptors (Lipinski definition) is 2. The molecule has 2 rings (SSSR count). The molecule has 0 saturated carbocycles. The van der Waals surface area contributed by atoms with Gasteiger partial charge in [-0.1, -0.05) is 24.9 Å². The van der Waals surface area contributed by atoms with Gasteiger partial charge in [0.05, 0.1) is 5.41 Å². The Kier molecular flexibility index (Phi) is 5.22. The molecule has 1 heterocycles. The molecule has 21 heavy (non-hydrogen) atoms. The van der Waals surface area contributed by atoms with Gasteiger partial charge in [-0.2, -0.15) is 0 Å². The van der Waals surface area contributed by atoms with Crippen LogP contribution in [0.3, 0.4) is 0 Å². The van der Waals surface area contributed by atoms with E-state index in [4.69, 9.17) is 11.6 Å². The smallest absolute Gasteiger partial charge is 0.310 e. The number of carboxylic acid groups (broad SMARTS) is 1. The molecule has 1 aromatic carbocycles. The quantitative estimate of drug-likeness (QED) is 0.895. The van der Waals surface area contributed by atoms with Crippen molar-refractivity contribution in [2.24, 2.45) is 5.41 Å². The minimum absolute atomic E-state index is 0.290. The van der Waals surface area contributed by atoms with Crippen LogP contribution in [0.15, 0.2) is 18.2 Å². The van der Waals surface area contributed by atoms with E-state index in [9.17, 15) is 14.3 Å². The second-order valence-corrected chi connectivity index (χ2v) is 6.32. The molecule has 5 heteroatoms. The van der Waals surface area contributed by atoms with Gasteiger partial charge in [0.2, 0.25) is 0 Å². The highest BCUT2D eigenvalue weighted by atomic mass is 35.5. The number of carboxylic acids is 1. The summed E-state index contributed by atoms with van der Waals surface area (Å²) in [5, 5.41) is 10.1. The van der Waals surface area contributed by atoms with Crippen molar-refractivity contribution < 1.29 is 14.3 Å². The van der Waals surface area contributed by atoms with Crippen LogP contribution in [-0.2, 0) is 11.3 Å². The maximum atomic E-state index is 13.8. The Balaban J connectivity index is 2.13. The molecular weight excluding hydrogens is 293 g/mol. The van der Waals surface area contributed by atoms with Crippen molar-refractivity contribution in [2.45, 2.75) is 39.2 Å². The molecule has 0 amide bonds. The molecule has 0 bridgehead atoms. The Morgan fingerprint density at radius 3 is 2.95 bits per heavy atom. The Morgan fingerprint density at radius 1 is 1.52 bits per heavy atom. The van der Waals surface area contributed by atoms with E-state index in [2.05, 4.69) is 0 Å². The molecule has 1 atom stereocenters. The number of carbonyl (C=O) groups is 1. The van der Waals surface area contributed by atoms with Crippen LogP contribution in [0.1, 0.15) is 38.2 Å². The number of likely N-dealkylation sites (tertiary alicyclic amines) is 1. The molecule has 0 aromatic heterocycles. The number of benzene rings is 1. The Labute approximate surface area is 129 Å². The van der Waals surface area contributed by atoms with Gasteiger partial charge in [-0.3, -0.25) is 9.69 Å². The van der Waals surface area contributed by atoms with E-state index in [1.165, 1.54) is 12.1 Å². The van der Waals surface area contributed by atoms with Crippen LogP contribution in [0.25, 0.3) is 0 Å². The predicted octanol–water partition coefficient (Wildman–Crippen LogP) is 3.95. The molecule has 1 fully saturated rings. The zero-order valence-electron chi connectivity index (χ0n) is 12.2. The fraction of sp³-hybridized carbons (Fsp3) is 0.562. The van der Waals surface area contributed by atoms with Crippen molar-refractivity contribution in [1.82, 2.24) is 4.90 Å². The molecule has 1 saturated heterocycles. The highest BCUT2D eigenvalue weighted by Crippen LogP contribution is 2.35. The number of hydrogen-bond donors (Lipinski definition) is 1. The van der Waals surface area contributed by atoms with Gasteiger partial charge in [0.25, 0.3) is 0 Å². The second-order valence-electron chi connectivity index (χ2n) is 5.89. The zero-order valence-corrected chi connectivity index (χ0v) is 13.0. The molecule has 1 aromatic rings. The SMILES string of the molecule is CCCC1(C(=O)O)CCCN(Cc2cc(Cl)ccc2F)C1. The topological polar surface area (TPSA) is 40.5 Å². The average molecular weight is 314 g/mol. The third-order valence-electron chi connectivity index (χ3n) is 4.24. The molecule has 116 valence electrons. The normalized spacial score (nSPS) is 23.2. The molecule has 0 radical (unpaired) electrons. The lowest BCUT2D eigenvalue weighted by molar-refractivity contribution is -0.153. The fourth-order valence-corrected chi connectivity index (χ4v) is 3.43. The van der Waals surface area contributed by atoms with E-state index in [0.29, 0.717) is 36.5 Å². The molecule has 1 N–H and O–H groups in total. The van der Waals surface area contributed by atoms with E-state index in [1.54, 1.807) is 6.07 Å². The number of aliphatic carboxylic acids is 1. The first kappa shape index (κ1) is 16.2. The van der Waals surface area contributed by atoms with Crippen LogP contribution in [0.5, 0.6) is 0 Å². The van der Waals surface area contributed by atoms with Crippen LogP contribution in [-0.4, -0.2) is 29.1 Å². The highest BCUT2D eigenvalue weighted by molar-refractivity contribution is 6.30. The van der Waals surface area contributed by atoms with Gasteiger partial charge in [-0.15, -0.1) is 0 Å². The van der Waals surface area contributed by atoms with Crippen molar-refractivity contribution in [1.29, 1.82) is 0 Å². The molecular formula is C16H21ClFNO2. The minimum Gasteiger partial charge on any atom is -0.481 e. The summed E-state index contributed by atoms with van der Waals surface area (Å²) in [4.78, 5) is 13.7. The van der Waals surface area contributed by atoms with E-state index in [0.717, 1.165) is 19.4 Å². The highest BCUT2D eigenvalue weighted by Gasteiger charge is 2.41. The summed E-state index contributed by atoms with van der Waals surface area (Å²) >= 11 is 5.91. The first-order valence-electron chi connectivity index (χ1n) is 7.36. The Morgan fingerprint density at radius 2 is 2.29 bits per heavy atom. The maximum Gasteiger partial charge on any atom is 0.310 e. The summed E-state index contributed by atoms with van der Waals surface area (Å²) in [6, 6.07) is 4.50. The van der Waals surface area contributed by atoms with Gasteiger partial charge >= 0.3 is 5.97 Å². The van der Waals surface area contributed by atoms with E-state index in [-0.39, 0.29) is 5.82 Å². The number of halogens is 2. The summed E-state index contributed by atoms with van der Waals surface area (Å²) < 4.78 is 13.8. The van der Waals surface area contributed by atoms with E-state index in [1.807, 2.05) is 11.8 Å². The summed E-state index contributed by atoms with van der Waals surface area (Å²) in [6.45, 7) is 3.68. The zero-order chi connectivity index (χ0) is 15.5. The lowest BCUT2D eigenvalue weighted by atomic mass is 9.76. The van der Waals surface area contributed by atoms with E-state index >= 15 is 0 Å². The van der Waals surface area contributed by atoms with Gasteiger partial charge in [-0.25, -0.2) is 4.39 Å². The summed E-state index contributed by atoms with van der Waals surface area (Å²) in [5.74, 6) is -1.03. The first-order valence-corrected chi connectivity index (χ1v) is 7.74. The van der Waals surface area contributed by atoms with Crippen molar-refractivity contribution >= 4 is 17.6 Å². The monoisotopic (exact) mass is 313 g/mol. The first-order chi connectivity index (χ1) is 9.97. The molecule has 1 aliphatic rings. The average Bonchev–Trinajstić information content (AvgIpc) is 2.43. The van der Waals surface area contributed by atoms with Crippen LogP contribution < -0.4 is 0 Å². The predicted molar refractivity (Wildman–Crippen MR) is 80.9 cm³/mol. The standard InChI is InChI=1S/C16H21ClFNO2/c1-2-6-16(15(20)21)7-3-8-19(11-16)10-12-9-13(17)4-5-14(12)18/h4-5,9H,2-3,6-8,10-11H2,1H3,(H,20,21). The largest absolute Gasteiger partial charge is 0.481 e. The van der Waals surface area contributed by atoms with Crippen LogP contribution in [0, 0.1) is 11.2 Å². The summed E-state index contributed by atoms with van der Waals surface area (Å²) in [7, 11) is 0. The van der Waals surface area contributed by atoms with Crippen molar-refractivity contribution in [2.75, 3.05) is 13.1 Å². The van der Waals surface area contributed by atoms with Gasteiger partial charge in [-0.05, 0) is 44.0 Å². The maximum absolute atomic E-state index is 13.8.